The molecule has 17 heavy (non-hydrogen) atoms. The van der Waals surface area contributed by atoms with Gasteiger partial charge in [0.1, 0.15) is 0 Å². The fraction of sp³-hybridized carbons (Fsp3) is 0.923. The molecule has 0 saturated heterocycles. The van der Waals surface area contributed by atoms with Crippen molar-refractivity contribution < 1.29 is 4.79 Å². The molecule has 0 unspecified atom stereocenters. The van der Waals surface area contributed by atoms with E-state index >= 15 is 0 Å². The van der Waals surface area contributed by atoms with Crippen molar-refractivity contribution in [3.8, 4) is 0 Å². The number of carbonyl (C=O) groups is 1. The van der Waals surface area contributed by atoms with E-state index in [0.29, 0.717) is 12.6 Å². The molecule has 0 atom stereocenters. The molecule has 0 radical (unpaired) electrons. The SMILES string of the molecule is CCN(C(=O)CNCCCCN(C)C)C1CC1. The Morgan fingerprint density at radius 2 is 2.00 bits per heavy atom. The molecule has 0 aromatic carbocycles. The standard InChI is InChI=1S/C13H27N3O/c1-4-16(12-7-8-12)13(17)11-14-9-5-6-10-15(2)3/h12,14H,4-11H2,1-3H3. The van der Waals surface area contributed by atoms with Crippen LogP contribution < -0.4 is 5.32 Å². The summed E-state index contributed by atoms with van der Waals surface area (Å²) in [7, 11) is 4.18. The third-order valence-electron chi connectivity index (χ3n) is 3.13. The highest BCUT2D eigenvalue weighted by molar-refractivity contribution is 5.78. The van der Waals surface area contributed by atoms with Crippen LogP contribution in [0.2, 0.25) is 0 Å². The molecule has 0 aliphatic heterocycles. The molecule has 0 bridgehead atoms. The largest absolute Gasteiger partial charge is 0.339 e. The third-order valence-corrected chi connectivity index (χ3v) is 3.13. The normalized spacial score (nSPS) is 15.3. The zero-order valence-corrected chi connectivity index (χ0v) is 11.5. The van der Waals surface area contributed by atoms with Gasteiger partial charge in [-0.1, -0.05) is 0 Å². The van der Waals surface area contributed by atoms with Crippen LogP contribution in [0.25, 0.3) is 0 Å². The summed E-state index contributed by atoms with van der Waals surface area (Å²) < 4.78 is 0. The molecular weight excluding hydrogens is 214 g/mol. The smallest absolute Gasteiger partial charge is 0.236 e. The van der Waals surface area contributed by atoms with Gasteiger partial charge in [-0.3, -0.25) is 4.79 Å². The number of likely N-dealkylation sites (N-methyl/N-ethyl adjacent to an activating group) is 1. The zero-order valence-electron chi connectivity index (χ0n) is 11.5. The summed E-state index contributed by atoms with van der Waals surface area (Å²) in [6.07, 6.45) is 4.72. The fourth-order valence-electron chi connectivity index (χ4n) is 2.00. The van der Waals surface area contributed by atoms with Gasteiger partial charge in [0, 0.05) is 12.6 Å². The Kier molecular flexibility index (Phi) is 6.52. The van der Waals surface area contributed by atoms with Gasteiger partial charge in [0.05, 0.1) is 6.54 Å². The van der Waals surface area contributed by atoms with Gasteiger partial charge >= 0.3 is 0 Å². The van der Waals surface area contributed by atoms with E-state index in [1.807, 2.05) is 4.90 Å². The molecule has 1 amide bonds. The van der Waals surface area contributed by atoms with E-state index in [2.05, 4.69) is 31.2 Å². The fourth-order valence-corrected chi connectivity index (χ4v) is 2.00. The number of nitrogens with zero attached hydrogens (tertiary/aromatic N) is 2. The van der Waals surface area contributed by atoms with Crippen molar-refractivity contribution in [2.24, 2.45) is 0 Å². The maximum Gasteiger partial charge on any atom is 0.236 e. The molecule has 1 N–H and O–H groups in total. The van der Waals surface area contributed by atoms with Crippen molar-refractivity contribution in [3.63, 3.8) is 0 Å². The first-order valence-electron chi connectivity index (χ1n) is 6.80. The number of nitrogens with one attached hydrogen (secondary N) is 1. The molecule has 100 valence electrons. The van der Waals surface area contributed by atoms with E-state index in [-0.39, 0.29) is 5.91 Å². The molecule has 4 nitrogen and oxygen atoms in total. The Morgan fingerprint density at radius 3 is 2.53 bits per heavy atom. The van der Waals surface area contributed by atoms with E-state index in [9.17, 15) is 4.79 Å². The molecule has 1 saturated carbocycles. The van der Waals surface area contributed by atoms with Crippen molar-refractivity contribution in [1.29, 1.82) is 0 Å². The number of hydrogen-bond acceptors (Lipinski definition) is 3. The van der Waals surface area contributed by atoms with Gasteiger partial charge in [-0.05, 0) is 59.8 Å². The first-order valence-corrected chi connectivity index (χ1v) is 6.80. The van der Waals surface area contributed by atoms with Crippen molar-refractivity contribution >= 4 is 5.91 Å². The van der Waals surface area contributed by atoms with Crippen molar-refractivity contribution in [2.75, 3.05) is 40.3 Å². The average Bonchev–Trinajstić information content (AvgIpc) is 3.08. The predicted octanol–water partition coefficient (Wildman–Crippen LogP) is 0.929. The van der Waals surface area contributed by atoms with Crippen molar-refractivity contribution in [2.45, 2.75) is 38.6 Å². The Morgan fingerprint density at radius 1 is 1.29 bits per heavy atom. The molecule has 1 aliphatic rings. The minimum atomic E-state index is 0.266. The van der Waals surface area contributed by atoms with E-state index in [0.717, 1.165) is 26.1 Å². The summed E-state index contributed by atoms with van der Waals surface area (Å²) >= 11 is 0. The second-order valence-electron chi connectivity index (χ2n) is 5.10. The minimum Gasteiger partial charge on any atom is -0.339 e. The highest BCUT2D eigenvalue weighted by Crippen LogP contribution is 2.26. The Labute approximate surface area is 105 Å². The quantitative estimate of drug-likeness (QED) is 0.610. The summed E-state index contributed by atoms with van der Waals surface area (Å²) in [4.78, 5) is 16.1. The first-order chi connectivity index (χ1) is 8.15. The number of carbonyl (C=O) groups excluding carboxylic acids is 1. The molecule has 4 heteroatoms. The van der Waals surface area contributed by atoms with Gasteiger partial charge in [-0.15, -0.1) is 0 Å². The highest BCUT2D eigenvalue weighted by atomic mass is 16.2. The number of rotatable bonds is 9. The van der Waals surface area contributed by atoms with Crippen molar-refractivity contribution in [3.05, 3.63) is 0 Å². The lowest BCUT2D eigenvalue weighted by Crippen LogP contribution is -2.39. The van der Waals surface area contributed by atoms with Crippen LogP contribution in [-0.2, 0) is 4.79 Å². The van der Waals surface area contributed by atoms with Crippen LogP contribution in [0, 0.1) is 0 Å². The lowest BCUT2D eigenvalue weighted by Gasteiger charge is -2.20. The van der Waals surface area contributed by atoms with E-state index < -0.39 is 0 Å². The van der Waals surface area contributed by atoms with Gasteiger partial charge in [-0.2, -0.15) is 0 Å². The van der Waals surface area contributed by atoms with E-state index in [1.165, 1.54) is 19.3 Å². The molecular formula is C13H27N3O. The van der Waals surface area contributed by atoms with Gasteiger partial charge < -0.3 is 15.1 Å². The molecule has 1 rings (SSSR count). The topological polar surface area (TPSA) is 35.6 Å². The second-order valence-corrected chi connectivity index (χ2v) is 5.10. The lowest BCUT2D eigenvalue weighted by atomic mass is 10.3. The monoisotopic (exact) mass is 241 g/mol. The predicted molar refractivity (Wildman–Crippen MR) is 71.1 cm³/mol. The Hall–Kier alpha value is -0.610. The van der Waals surface area contributed by atoms with Gasteiger partial charge in [-0.25, -0.2) is 0 Å². The van der Waals surface area contributed by atoms with Crippen molar-refractivity contribution in [1.82, 2.24) is 15.1 Å². The first kappa shape index (κ1) is 14.5. The lowest BCUT2D eigenvalue weighted by molar-refractivity contribution is -0.130. The van der Waals surface area contributed by atoms with Crippen LogP contribution in [0.1, 0.15) is 32.6 Å². The number of amides is 1. The van der Waals surface area contributed by atoms with Gasteiger partial charge in [0.15, 0.2) is 0 Å². The molecule has 0 aromatic rings. The summed E-state index contributed by atoms with van der Waals surface area (Å²) in [5.74, 6) is 0.266. The summed E-state index contributed by atoms with van der Waals surface area (Å²) in [5, 5.41) is 3.25. The molecule has 0 aromatic heterocycles. The molecule has 0 spiro atoms. The highest BCUT2D eigenvalue weighted by Gasteiger charge is 2.30. The molecule has 1 aliphatic carbocycles. The van der Waals surface area contributed by atoms with Crippen LogP contribution in [0.5, 0.6) is 0 Å². The summed E-state index contributed by atoms with van der Waals surface area (Å²) in [6, 6.07) is 0.544. The van der Waals surface area contributed by atoms with E-state index in [1.54, 1.807) is 0 Å². The van der Waals surface area contributed by atoms with Gasteiger partial charge in [0.25, 0.3) is 0 Å². The maximum atomic E-state index is 11.9. The minimum absolute atomic E-state index is 0.266. The van der Waals surface area contributed by atoms with Crippen LogP contribution in [0.4, 0.5) is 0 Å². The summed E-state index contributed by atoms with van der Waals surface area (Å²) in [6.45, 7) is 5.49. The van der Waals surface area contributed by atoms with Gasteiger partial charge in [0.2, 0.25) is 5.91 Å². The Bertz CT molecular complexity index is 227. The maximum absolute atomic E-state index is 11.9. The van der Waals surface area contributed by atoms with Crippen LogP contribution in [0.3, 0.4) is 0 Å². The Balaban J connectivity index is 1.99. The van der Waals surface area contributed by atoms with E-state index in [4.69, 9.17) is 0 Å². The summed E-state index contributed by atoms with van der Waals surface area (Å²) in [5.41, 5.74) is 0. The average molecular weight is 241 g/mol. The van der Waals surface area contributed by atoms with Crippen LogP contribution >= 0.6 is 0 Å². The van der Waals surface area contributed by atoms with Crippen LogP contribution in [0.15, 0.2) is 0 Å². The zero-order chi connectivity index (χ0) is 12.7. The number of hydrogen-bond donors (Lipinski definition) is 1. The number of unbranched alkanes of at least 4 members (excludes halogenated alkanes) is 1. The molecule has 1 fully saturated rings. The molecule has 0 heterocycles. The second kappa shape index (κ2) is 7.67. The third kappa shape index (κ3) is 6.03. The van der Waals surface area contributed by atoms with Crippen LogP contribution in [-0.4, -0.2) is 62.0 Å².